The standard InChI is InChI=1S/C23H33NO/c1-3-5-7-9-21-11-15-22(24-19-21)14-10-20-12-16-23(17-13-20)25-18-8-6-4-2/h11-13,15-17,19H,3-10,14,18H2,1-2H3. The molecule has 2 nitrogen and oxygen atoms in total. The summed E-state index contributed by atoms with van der Waals surface area (Å²) in [5.41, 5.74) is 3.88. The van der Waals surface area contributed by atoms with Crippen LogP contribution in [0.1, 0.15) is 69.2 Å². The van der Waals surface area contributed by atoms with Crippen LogP contribution in [0, 0.1) is 0 Å². The summed E-state index contributed by atoms with van der Waals surface area (Å²) < 4.78 is 5.77. The molecule has 0 amide bonds. The van der Waals surface area contributed by atoms with Crippen molar-refractivity contribution in [1.82, 2.24) is 4.98 Å². The summed E-state index contributed by atoms with van der Waals surface area (Å²) in [6.07, 6.45) is 12.7. The SMILES string of the molecule is CCCCCOc1ccc(CCc2ccc(CCCCC)cn2)cc1. The lowest BCUT2D eigenvalue weighted by Crippen LogP contribution is -1.98. The predicted molar refractivity (Wildman–Crippen MR) is 106 cm³/mol. The van der Waals surface area contributed by atoms with E-state index < -0.39 is 0 Å². The van der Waals surface area contributed by atoms with Crippen LogP contribution in [-0.2, 0) is 19.3 Å². The Morgan fingerprint density at radius 2 is 1.44 bits per heavy atom. The Balaban J connectivity index is 1.73. The van der Waals surface area contributed by atoms with Gasteiger partial charge in [-0.15, -0.1) is 0 Å². The molecule has 1 aromatic carbocycles. The Labute approximate surface area is 153 Å². The van der Waals surface area contributed by atoms with Crippen molar-refractivity contribution in [2.45, 2.75) is 71.6 Å². The fourth-order valence-corrected chi connectivity index (χ4v) is 2.90. The highest BCUT2D eigenvalue weighted by Gasteiger charge is 2.00. The van der Waals surface area contributed by atoms with Crippen molar-refractivity contribution in [2.75, 3.05) is 6.61 Å². The maximum atomic E-state index is 5.77. The van der Waals surface area contributed by atoms with Crippen LogP contribution >= 0.6 is 0 Å². The van der Waals surface area contributed by atoms with E-state index in [1.807, 2.05) is 0 Å². The number of hydrogen-bond donors (Lipinski definition) is 0. The molecule has 0 unspecified atom stereocenters. The van der Waals surface area contributed by atoms with Gasteiger partial charge in [0.15, 0.2) is 0 Å². The molecule has 2 heteroatoms. The topological polar surface area (TPSA) is 22.1 Å². The lowest BCUT2D eigenvalue weighted by Gasteiger charge is -2.07. The maximum Gasteiger partial charge on any atom is 0.119 e. The average molecular weight is 340 g/mol. The van der Waals surface area contributed by atoms with Gasteiger partial charge in [0.25, 0.3) is 0 Å². The van der Waals surface area contributed by atoms with E-state index >= 15 is 0 Å². The van der Waals surface area contributed by atoms with Gasteiger partial charge in [0.05, 0.1) is 6.61 Å². The molecular weight excluding hydrogens is 306 g/mol. The number of nitrogens with zero attached hydrogens (tertiary/aromatic N) is 1. The van der Waals surface area contributed by atoms with E-state index in [9.17, 15) is 0 Å². The highest BCUT2D eigenvalue weighted by Crippen LogP contribution is 2.15. The summed E-state index contributed by atoms with van der Waals surface area (Å²) in [4.78, 5) is 4.62. The molecule has 0 radical (unpaired) electrons. The monoisotopic (exact) mass is 339 g/mol. The van der Waals surface area contributed by atoms with E-state index in [4.69, 9.17) is 4.74 Å². The number of pyridine rings is 1. The minimum absolute atomic E-state index is 0.821. The van der Waals surface area contributed by atoms with Crippen LogP contribution in [0.3, 0.4) is 0 Å². The summed E-state index contributed by atoms with van der Waals surface area (Å²) in [6, 6.07) is 13.0. The lowest BCUT2D eigenvalue weighted by molar-refractivity contribution is 0.306. The van der Waals surface area contributed by atoms with Gasteiger partial charge in [-0.1, -0.05) is 57.7 Å². The van der Waals surface area contributed by atoms with Crippen LogP contribution in [0.5, 0.6) is 5.75 Å². The minimum atomic E-state index is 0.821. The maximum absolute atomic E-state index is 5.77. The number of benzene rings is 1. The number of aryl methyl sites for hydroxylation is 3. The van der Waals surface area contributed by atoms with Gasteiger partial charge in [0, 0.05) is 11.9 Å². The van der Waals surface area contributed by atoms with Crippen molar-refractivity contribution >= 4 is 0 Å². The molecule has 0 aliphatic rings. The minimum Gasteiger partial charge on any atom is -0.494 e. The quantitative estimate of drug-likeness (QED) is 0.431. The van der Waals surface area contributed by atoms with Gasteiger partial charge in [-0.3, -0.25) is 4.98 Å². The van der Waals surface area contributed by atoms with E-state index in [0.29, 0.717) is 0 Å². The molecule has 0 saturated heterocycles. The Bertz CT molecular complexity index is 574. The molecule has 136 valence electrons. The van der Waals surface area contributed by atoms with Gasteiger partial charge in [-0.2, -0.15) is 0 Å². The molecule has 0 aliphatic heterocycles. The summed E-state index contributed by atoms with van der Waals surface area (Å²) >= 11 is 0. The second-order valence-electron chi connectivity index (χ2n) is 6.81. The van der Waals surface area contributed by atoms with Crippen LogP contribution in [0.25, 0.3) is 0 Å². The van der Waals surface area contributed by atoms with Crippen molar-refractivity contribution in [3.05, 3.63) is 59.4 Å². The fraction of sp³-hybridized carbons (Fsp3) is 0.522. The summed E-state index contributed by atoms with van der Waals surface area (Å²) in [6.45, 7) is 5.28. The number of ether oxygens (including phenoxy) is 1. The number of aromatic nitrogens is 1. The van der Waals surface area contributed by atoms with Crippen molar-refractivity contribution in [3.8, 4) is 5.75 Å². The zero-order valence-electron chi connectivity index (χ0n) is 16.0. The van der Waals surface area contributed by atoms with E-state index in [-0.39, 0.29) is 0 Å². The van der Waals surface area contributed by atoms with Gasteiger partial charge in [-0.25, -0.2) is 0 Å². The van der Waals surface area contributed by atoms with Gasteiger partial charge in [-0.05, 0) is 61.4 Å². The normalized spacial score (nSPS) is 10.8. The third-order valence-electron chi connectivity index (χ3n) is 4.56. The summed E-state index contributed by atoms with van der Waals surface area (Å²) in [5.74, 6) is 0.981. The van der Waals surface area contributed by atoms with Crippen molar-refractivity contribution in [1.29, 1.82) is 0 Å². The third-order valence-corrected chi connectivity index (χ3v) is 4.56. The van der Waals surface area contributed by atoms with Gasteiger partial charge >= 0.3 is 0 Å². The molecule has 0 N–H and O–H groups in total. The van der Waals surface area contributed by atoms with Crippen LogP contribution in [0.4, 0.5) is 0 Å². The Morgan fingerprint density at radius 1 is 0.720 bits per heavy atom. The van der Waals surface area contributed by atoms with E-state index in [1.54, 1.807) is 0 Å². The molecule has 1 aromatic heterocycles. The highest BCUT2D eigenvalue weighted by molar-refractivity contribution is 5.28. The van der Waals surface area contributed by atoms with Crippen LogP contribution in [0.2, 0.25) is 0 Å². The molecule has 25 heavy (non-hydrogen) atoms. The second kappa shape index (κ2) is 11.7. The first kappa shape index (κ1) is 19.5. The van der Waals surface area contributed by atoms with Crippen LogP contribution in [-0.4, -0.2) is 11.6 Å². The molecule has 0 spiro atoms. The first-order valence-electron chi connectivity index (χ1n) is 9.97. The molecule has 0 fully saturated rings. The van der Waals surface area contributed by atoms with Crippen LogP contribution < -0.4 is 4.74 Å². The van der Waals surface area contributed by atoms with Crippen LogP contribution in [0.15, 0.2) is 42.6 Å². The Morgan fingerprint density at radius 3 is 2.12 bits per heavy atom. The Hall–Kier alpha value is -1.83. The van der Waals surface area contributed by atoms with E-state index in [0.717, 1.165) is 38.0 Å². The molecular formula is C23H33NO. The third kappa shape index (κ3) is 7.72. The number of hydrogen-bond acceptors (Lipinski definition) is 2. The molecule has 1 heterocycles. The predicted octanol–water partition coefficient (Wildman–Crippen LogP) is 6.17. The largest absolute Gasteiger partial charge is 0.494 e. The molecule has 0 saturated carbocycles. The lowest BCUT2D eigenvalue weighted by atomic mass is 10.1. The highest BCUT2D eigenvalue weighted by atomic mass is 16.5. The second-order valence-corrected chi connectivity index (χ2v) is 6.81. The zero-order chi connectivity index (χ0) is 17.7. The molecule has 0 bridgehead atoms. The average Bonchev–Trinajstić information content (AvgIpc) is 2.66. The first-order valence-corrected chi connectivity index (χ1v) is 9.97. The summed E-state index contributed by atoms with van der Waals surface area (Å²) in [7, 11) is 0. The summed E-state index contributed by atoms with van der Waals surface area (Å²) in [5, 5.41) is 0. The molecule has 2 rings (SSSR count). The number of unbranched alkanes of at least 4 members (excludes halogenated alkanes) is 4. The van der Waals surface area contributed by atoms with Crippen molar-refractivity contribution < 1.29 is 4.74 Å². The van der Waals surface area contributed by atoms with E-state index in [1.165, 1.54) is 48.9 Å². The zero-order valence-corrected chi connectivity index (χ0v) is 16.0. The smallest absolute Gasteiger partial charge is 0.119 e. The number of rotatable bonds is 12. The van der Waals surface area contributed by atoms with Gasteiger partial charge < -0.3 is 4.74 Å². The molecule has 0 aliphatic carbocycles. The molecule has 0 atom stereocenters. The van der Waals surface area contributed by atoms with Gasteiger partial charge in [0.1, 0.15) is 5.75 Å². The van der Waals surface area contributed by atoms with Crippen molar-refractivity contribution in [2.24, 2.45) is 0 Å². The molecule has 2 aromatic rings. The van der Waals surface area contributed by atoms with E-state index in [2.05, 4.69) is 61.4 Å². The first-order chi connectivity index (χ1) is 12.3. The van der Waals surface area contributed by atoms with Crippen molar-refractivity contribution in [3.63, 3.8) is 0 Å². The fourth-order valence-electron chi connectivity index (χ4n) is 2.90. The van der Waals surface area contributed by atoms with Gasteiger partial charge in [0.2, 0.25) is 0 Å². The Kier molecular flexibility index (Phi) is 9.11.